The summed E-state index contributed by atoms with van der Waals surface area (Å²) in [6.07, 6.45) is 0. The summed E-state index contributed by atoms with van der Waals surface area (Å²) in [4.78, 5) is 0. The van der Waals surface area contributed by atoms with Crippen molar-refractivity contribution in [3.63, 3.8) is 0 Å². The fourth-order valence-corrected chi connectivity index (χ4v) is 2.23. The minimum absolute atomic E-state index is 0.111. The van der Waals surface area contributed by atoms with Gasteiger partial charge in [-0.1, -0.05) is 56.6 Å². The summed E-state index contributed by atoms with van der Waals surface area (Å²) in [7, 11) is 0. The summed E-state index contributed by atoms with van der Waals surface area (Å²) in [6, 6.07) is 14.3. The van der Waals surface area contributed by atoms with Crippen LogP contribution in [0.25, 0.3) is 0 Å². The predicted molar refractivity (Wildman–Crippen MR) is 85.7 cm³/mol. The van der Waals surface area contributed by atoms with E-state index in [0.717, 1.165) is 16.3 Å². The Morgan fingerprint density at radius 3 is 2.40 bits per heavy atom. The average molecular weight is 289 g/mol. The van der Waals surface area contributed by atoms with Crippen LogP contribution in [0.15, 0.2) is 42.5 Å². The molecule has 0 heterocycles. The number of hydrogen-bond donors (Lipinski definition) is 0. The molecule has 0 aliphatic carbocycles. The maximum absolute atomic E-state index is 6.35. The molecule has 0 atom stereocenters. The first-order chi connectivity index (χ1) is 9.36. The number of benzene rings is 2. The number of hydrogen-bond acceptors (Lipinski definition) is 1. The highest BCUT2D eigenvalue weighted by Crippen LogP contribution is 2.27. The maximum Gasteiger partial charge on any atom is 0.120 e. The van der Waals surface area contributed by atoms with Gasteiger partial charge in [-0.05, 0) is 41.7 Å². The van der Waals surface area contributed by atoms with Crippen molar-refractivity contribution in [3.05, 3.63) is 64.2 Å². The molecule has 0 unspecified atom stereocenters. The van der Waals surface area contributed by atoms with Gasteiger partial charge >= 0.3 is 0 Å². The van der Waals surface area contributed by atoms with Gasteiger partial charge in [-0.3, -0.25) is 0 Å². The summed E-state index contributed by atoms with van der Waals surface area (Å²) in [5.41, 5.74) is 3.55. The van der Waals surface area contributed by atoms with Crippen molar-refractivity contribution in [2.75, 3.05) is 0 Å². The van der Waals surface area contributed by atoms with E-state index in [2.05, 4.69) is 45.9 Å². The van der Waals surface area contributed by atoms with Crippen molar-refractivity contribution >= 4 is 11.6 Å². The molecule has 0 fully saturated rings. The largest absolute Gasteiger partial charge is 0.489 e. The molecule has 0 amide bonds. The van der Waals surface area contributed by atoms with E-state index in [1.807, 2.05) is 24.3 Å². The van der Waals surface area contributed by atoms with Gasteiger partial charge < -0.3 is 4.74 Å². The van der Waals surface area contributed by atoms with Gasteiger partial charge in [0.2, 0.25) is 0 Å². The van der Waals surface area contributed by atoms with E-state index in [-0.39, 0.29) is 5.41 Å². The van der Waals surface area contributed by atoms with Gasteiger partial charge in [-0.25, -0.2) is 0 Å². The molecular formula is C18H21ClO. The molecule has 20 heavy (non-hydrogen) atoms. The number of ether oxygens (including phenoxy) is 1. The Labute approximate surface area is 126 Å². The first-order valence-electron chi connectivity index (χ1n) is 6.84. The molecule has 0 saturated carbocycles. The van der Waals surface area contributed by atoms with Gasteiger partial charge in [-0.15, -0.1) is 0 Å². The summed E-state index contributed by atoms with van der Waals surface area (Å²) in [5, 5.41) is 0.769. The third kappa shape index (κ3) is 3.77. The second-order valence-corrected chi connectivity index (χ2v) is 6.57. The van der Waals surface area contributed by atoms with Crippen LogP contribution in [0.3, 0.4) is 0 Å². The smallest absolute Gasteiger partial charge is 0.120 e. The highest BCUT2D eigenvalue weighted by atomic mass is 35.5. The summed E-state index contributed by atoms with van der Waals surface area (Å²) >= 11 is 6.35. The summed E-state index contributed by atoms with van der Waals surface area (Å²) < 4.78 is 5.79. The second kappa shape index (κ2) is 5.88. The minimum atomic E-state index is 0.111. The van der Waals surface area contributed by atoms with Crippen molar-refractivity contribution in [2.45, 2.75) is 39.7 Å². The molecule has 106 valence electrons. The molecule has 0 aliphatic rings. The van der Waals surface area contributed by atoms with E-state index in [4.69, 9.17) is 16.3 Å². The molecule has 1 nitrogen and oxygen atoms in total. The van der Waals surface area contributed by atoms with Gasteiger partial charge in [0.1, 0.15) is 12.4 Å². The van der Waals surface area contributed by atoms with Crippen molar-refractivity contribution in [3.8, 4) is 5.75 Å². The van der Waals surface area contributed by atoms with E-state index >= 15 is 0 Å². The first-order valence-corrected chi connectivity index (χ1v) is 7.22. The van der Waals surface area contributed by atoms with Crippen LogP contribution in [0.5, 0.6) is 5.75 Å². The summed E-state index contributed by atoms with van der Waals surface area (Å²) in [5.74, 6) is 0.876. The van der Waals surface area contributed by atoms with Crippen LogP contribution < -0.4 is 4.74 Å². The van der Waals surface area contributed by atoms with Crippen LogP contribution in [-0.4, -0.2) is 0 Å². The zero-order valence-corrected chi connectivity index (χ0v) is 13.3. The lowest BCUT2D eigenvalue weighted by molar-refractivity contribution is 0.306. The Morgan fingerprint density at radius 2 is 1.80 bits per heavy atom. The molecule has 2 rings (SSSR count). The monoisotopic (exact) mass is 288 g/mol. The average Bonchev–Trinajstić information content (AvgIpc) is 2.36. The topological polar surface area (TPSA) is 9.23 Å². The molecule has 0 bridgehead atoms. The van der Waals surface area contributed by atoms with Crippen LogP contribution in [0.1, 0.15) is 37.5 Å². The highest BCUT2D eigenvalue weighted by molar-refractivity contribution is 6.31. The fourth-order valence-electron chi connectivity index (χ4n) is 2.00. The highest BCUT2D eigenvalue weighted by Gasteiger charge is 2.15. The summed E-state index contributed by atoms with van der Waals surface area (Å²) in [6.45, 7) is 9.09. The Hall–Kier alpha value is -1.47. The molecule has 0 radical (unpaired) electrons. The predicted octanol–water partition coefficient (Wildman–Crippen LogP) is 5.52. The zero-order valence-electron chi connectivity index (χ0n) is 12.5. The fraction of sp³-hybridized carbons (Fsp3) is 0.333. The van der Waals surface area contributed by atoms with Crippen molar-refractivity contribution in [2.24, 2.45) is 0 Å². The van der Waals surface area contributed by atoms with Gasteiger partial charge in [-0.2, -0.15) is 0 Å². The Balaban J connectivity index is 2.11. The van der Waals surface area contributed by atoms with E-state index < -0.39 is 0 Å². The normalized spacial score (nSPS) is 11.4. The molecule has 0 N–H and O–H groups in total. The lowest BCUT2D eigenvalue weighted by Gasteiger charge is -2.20. The van der Waals surface area contributed by atoms with Crippen LogP contribution >= 0.6 is 11.6 Å². The molecular weight excluding hydrogens is 268 g/mol. The van der Waals surface area contributed by atoms with Crippen molar-refractivity contribution in [1.29, 1.82) is 0 Å². The van der Waals surface area contributed by atoms with Crippen LogP contribution in [0.2, 0.25) is 5.02 Å². The van der Waals surface area contributed by atoms with Gasteiger partial charge in [0, 0.05) is 10.6 Å². The van der Waals surface area contributed by atoms with E-state index in [9.17, 15) is 0 Å². The lowest BCUT2D eigenvalue weighted by Crippen LogP contribution is -2.11. The van der Waals surface area contributed by atoms with E-state index in [0.29, 0.717) is 6.61 Å². The van der Waals surface area contributed by atoms with Gasteiger partial charge in [0.05, 0.1) is 0 Å². The van der Waals surface area contributed by atoms with Crippen LogP contribution in [0, 0.1) is 6.92 Å². The first kappa shape index (κ1) is 14.9. The van der Waals surface area contributed by atoms with Gasteiger partial charge in [0.25, 0.3) is 0 Å². The second-order valence-electron chi connectivity index (χ2n) is 6.16. The third-order valence-corrected chi connectivity index (χ3v) is 3.65. The van der Waals surface area contributed by atoms with Crippen LogP contribution in [0.4, 0.5) is 0 Å². The van der Waals surface area contributed by atoms with Crippen molar-refractivity contribution < 1.29 is 4.74 Å². The Morgan fingerprint density at radius 1 is 1.05 bits per heavy atom. The Bertz CT molecular complexity index is 597. The lowest BCUT2D eigenvalue weighted by atomic mass is 9.87. The standard InChI is InChI=1S/C18H21ClO/c1-13-6-5-7-16(10-13)20-12-14-8-9-15(11-17(14)19)18(2,3)4/h5-11H,12H2,1-4H3. The zero-order chi connectivity index (χ0) is 14.8. The van der Waals surface area contributed by atoms with E-state index in [1.54, 1.807) is 0 Å². The van der Waals surface area contributed by atoms with Crippen LogP contribution in [-0.2, 0) is 12.0 Å². The maximum atomic E-state index is 6.35. The number of rotatable bonds is 3. The molecule has 0 aliphatic heterocycles. The van der Waals surface area contributed by atoms with Crippen molar-refractivity contribution in [1.82, 2.24) is 0 Å². The third-order valence-electron chi connectivity index (χ3n) is 3.30. The minimum Gasteiger partial charge on any atom is -0.489 e. The SMILES string of the molecule is Cc1cccc(OCc2ccc(C(C)(C)C)cc2Cl)c1. The number of halogens is 1. The quantitative estimate of drug-likeness (QED) is 0.722. The molecule has 2 aromatic rings. The van der Waals surface area contributed by atoms with E-state index in [1.165, 1.54) is 11.1 Å². The molecule has 2 aromatic carbocycles. The molecule has 0 saturated heterocycles. The molecule has 0 spiro atoms. The number of aryl methyl sites for hydroxylation is 1. The van der Waals surface area contributed by atoms with Gasteiger partial charge in [0.15, 0.2) is 0 Å². The molecule has 2 heteroatoms. The Kier molecular flexibility index (Phi) is 4.39. The molecule has 0 aromatic heterocycles.